The molecule has 0 aliphatic carbocycles. The van der Waals surface area contributed by atoms with Crippen molar-refractivity contribution in [1.29, 1.82) is 0 Å². The smallest absolute Gasteiger partial charge is 0.242 e. The van der Waals surface area contributed by atoms with Crippen LogP contribution in [0, 0.1) is 0 Å². The van der Waals surface area contributed by atoms with Crippen molar-refractivity contribution in [3.8, 4) is 0 Å². The molecule has 1 unspecified atom stereocenters. The summed E-state index contributed by atoms with van der Waals surface area (Å²) in [6.45, 7) is 0.766. The number of nitrogens with one attached hydrogen (secondary N) is 2. The molecule has 0 spiro atoms. The molecule has 1 atom stereocenters. The number of carbonyl (C=O) groups is 1. The molecule has 1 aliphatic heterocycles. The predicted molar refractivity (Wildman–Crippen MR) is 59.4 cm³/mol. The normalized spacial score (nSPS) is 20.9. The Morgan fingerprint density at radius 3 is 3.20 bits per heavy atom. The lowest BCUT2D eigenvalue weighted by atomic mass is 10.1. The Balaban J connectivity index is 2.08. The third-order valence-corrected chi connectivity index (χ3v) is 2.84. The van der Waals surface area contributed by atoms with Gasteiger partial charge in [-0.15, -0.1) is 0 Å². The zero-order valence-corrected chi connectivity index (χ0v) is 9.62. The minimum Gasteiger partial charge on any atom is -0.357 e. The maximum absolute atomic E-state index is 11.5. The molecule has 1 fully saturated rings. The van der Waals surface area contributed by atoms with Crippen LogP contribution in [0.5, 0.6) is 0 Å². The number of carbonyl (C=O) groups excluding carboxylic acids is 1. The highest BCUT2D eigenvalue weighted by Crippen LogP contribution is 2.19. The Hall–Kier alpha value is -1.17. The average Bonchev–Trinajstić information content (AvgIpc) is 2.24. The maximum Gasteiger partial charge on any atom is 0.242 e. The SMILES string of the molecule is O=C1NCCCC1Nc1ncncc1Br. The lowest BCUT2D eigenvalue weighted by Crippen LogP contribution is -2.44. The molecule has 1 aliphatic rings. The molecule has 15 heavy (non-hydrogen) atoms. The summed E-state index contributed by atoms with van der Waals surface area (Å²) in [6.07, 6.45) is 4.93. The monoisotopic (exact) mass is 270 g/mol. The summed E-state index contributed by atoms with van der Waals surface area (Å²) < 4.78 is 0.767. The molecule has 2 rings (SSSR count). The first-order valence-electron chi connectivity index (χ1n) is 4.77. The number of anilines is 1. The van der Waals surface area contributed by atoms with Gasteiger partial charge in [-0.05, 0) is 28.8 Å². The average molecular weight is 271 g/mol. The van der Waals surface area contributed by atoms with Crippen molar-refractivity contribution in [2.75, 3.05) is 11.9 Å². The van der Waals surface area contributed by atoms with Crippen LogP contribution in [0.15, 0.2) is 17.0 Å². The van der Waals surface area contributed by atoms with E-state index >= 15 is 0 Å². The number of halogens is 1. The highest BCUT2D eigenvalue weighted by atomic mass is 79.9. The molecule has 1 aromatic heterocycles. The van der Waals surface area contributed by atoms with Gasteiger partial charge in [-0.2, -0.15) is 0 Å². The molecule has 6 heteroatoms. The number of piperidine rings is 1. The van der Waals surface area contributed by atoms with Gasteiger partial charge in [-0.25, -0.2) is 9.97 Å². The molecule has 0 aromatic carbocycles. The van der Waals surface area contributed by atoms with Gasteiger partial charge in [0, 0.05) is 12.7 Å². The molecule has 80 valence electrons. The van der Waals surface area contributed by atoms with E-state index in [1.165, 1.54) is 6.33 Å². The number of rotatable bonds is 2. The van der Waals surface area contributed by atoms with E-state index in [1.54, 1.807) is 6.20 Å². The van der Waals surface area contributed by atoms with Crippen LogP contribution in [0.25, 0.3) is 0 Å². The van der Waals surface area contributed by atoms with Crippen LogP contribution < -0.4 is 10.6 Å². The minimum absolute atomic E-state index is 0.0340. The zero-order valence-electron chi connectivity index (χ0n) is 8.03. The molecule has 5 nitrogen and oxygen atoms in total. The van der Waals surface area contributed by atoms with Crippen LogP contribution in [0.1, 0.15) is 12.8 Å². The van der Waals surface area contributed by atoms with Crippen LogP contribution in [0.2, 0.25) is 0 Å². The van der Waals surface area contributed by atoms with Gasteiger partial charge in [0.05, 0.1) is 4.47 Å². The second-order valence-corrected chi connectivity index (χ2v) is 4.20. The van der Waals surface area contributed by atoms with Gasteiger partial charge in [-0.1, -0.05) is 0 Å². The summed E-state index contributed by atoms with van der Waals surface area (Å²) in [5.74, 6) is 0.693. The summed E-state index contributed by atoms with van der Waals surface area (Å²) >= 11 is 3.32. The van der Waals surface area contributed by atoms with Gasteiger partial charge in [0.1, 0.15) is 18.2 Å². The number of hydrogen-bond donors (Lipinski definition) is 2. The fraction of sp³-hybridized carbons (Fsp3) is 0.444. The van der Waals surface area contributed by atoms with E-state index in [2.05, 4.69) is 36.5 Å². The van der Waals surface area contributed by atoms with Crippen molar-refractivity contribution in [1.82, 2.24) is 15.3 Å². The Morgan fingerprint density at radius 1 is 1.60 bits per heavy atom. The van der Waals surface area contributed by atoms with Gasteiger partial charge in [0.15, 0.2) is 0 Å². The molecule has 0 radical (unpaired) electrons. The second kappa shape index (κ2) is 4.57. The van der Waals surface area contributed by atoms with E-state index in [9.17, 15) is 4.79 Å². The Bertz CT molecular complexity index is 371. The fourth-order valence-electron chi connectivity index (χ4n) is 1.49. The molecule has 0 saturated carbocycles. The first-order valence-corrected chi connectivity index (χ1v) is 5.56. The summed E-state index contributed by atoms with van der Waals surface area (Å²) in [4.78, 5) is 19.4. The van der Waals surface area contributed by atoms with Crippen LogP contribution >= 0.6 is 15.9 Å². The van der Waals surface area contributed by atoms with E-state index in [0.717, 1.165) is 23.9 Å². The topological polar surface area (TPSA) is 66.9 Å². The largest absolute Gasteiger partial charge is 0.357 e. The lowest BCUT2D eigenvalue weighted by Gasteiger charge is -2.23. The van der Waals surface area contributed by atoms with Crippen LogP contribution in [-0.4, -0.2) is 28.5 Å². The molecule has 0 bridgehead atoms. The van der Waals surface area contributed by atoms with Crippen molar-refractivity contribution in [2.24, 2.45) is 0 Å². The first kappa shape index (κ1) is 10.4. The third kappa shape index (κ3) is 2.44. The fourth-order valence-corrected chi connectivity index (χ4v) is 1.83. The minimum atomic E-state index is -0.190. The van der Waals surface area contributed by atoms with Gasteiger partial charge < -0.3 is 10.6 Å². The van der Waals surface area contributed by atoms with Crippen LogP contribution in [-0.2, 0) is 4.79 Å². The van der Waals surface area contributed by atoms with Gasteiger partial charge in [-0.3, -0.25) is 4.79 Å². The van der Waals surface area contributed by atoms with E-state index in [4.69, 9.17) is 0 Å². The van der Waals surface area contributed by atoms with Crippen molar-refractivity contribution in [2.45, 2.75) is 18.9 Å². The Kier molecular flexibility index (Phi) is 3.15. The van der Waals surface area contributed by atoms with E-state index < -0.39 is 0 Å². The number of nitrogens with zero attached hydrogens (tertiary/aromatic N) is 2. The van der Waals surface area contributed by atoms with Crippen molar-refractivity contribution in [3.63, 3.8) is 0 Å². The highest BCUT2D eigenvalue weighted by Gasteiger charge is 2.22. The molecule has 2 N–H and O–H groups in total. The molecular formula is C9H11BrN4O. The van der Waals surface area contributed by atoms with Crippen LogP contribution in [0.3, 0.4) is 0 Å². The molecule has 1 aromatic rings. The predicted octanol–water partition coefficient (Wildman–Crippen LogP) is 0.930. The quantitative estimate of drug-likeness (QED) is 0.839. The first-order chi connectivity index (χ1) is 7.27. The third-order valence-electron chi connectivity index (χ3n) is 2.26. The molecule has 1 amide bonds. The van der Waals surface area contributed by atoms with Crippen LogP contribution in [0.4, 0.5) is 5.82 Å². The van der Waals surface area contributed by atoms with E-state index in [0.29, 0.717) is 5.82 Å². The molecular weight excluding hydrogens is 260 g/mol. The van der Waals surface area contributed by atoms with Crippen molar-refractivity contribution >= 4 is 27.7 Å². The summed E-state index contributed by atoms with van der Waals surface area (Å²) in [6, 6.07) is -0.190. The van der Waals surface area contributed by atoms with Crippen molar-refractivity contribution < 1.29 is 4.79 Å². The number of aromatic nitrogens is 2. The van der Waals surface area contributed by atoms with Crippen molar-refractivity contribution in [3.05, 3.63) is 17.0 Å². The maximum atomic E-state index is 11.5. The lowest BCUT2D eigenvalue weighted by molar-refractivity contribution is -0.123. The zero-order chi connectivity index (χ0) is 10.7. The molecule has 1 saturated heterocycles. The van der Waals surface area contributed by atoms with E-state index in [1.807, 2.05) is 0 Å². The number of hydrogen-bond acceptors (Lipinski definition) is 4. The summed E-state index contributed by atoms with van der Waals surface area (Å²) in [5.41, 5.74) is 0. The van der Waals surface area contributed by atoms with E-state index in [-0.39, 0.29) is 11.9 Å². The number of amides is 1. The van der Waals surface area contributed by atoms with Gasteiger partial charge >= 0.3 is 0 Å². The standard InChI is InChI=1S/C9H11BrN4O/c10-6-4-11-5-13-8(6)14-7-2-1-3-12-9(7)15/h4-5,7H,1-3H2,(H,12,15)(H,11,13,14). The van der Waals surface area contributed by atoms with Gasteiger partial charge in [0.25, 0.3) is 0 Å². The van der Waals surface area contributed by atoms with Gasteiger partial charge in [0.2, 0.25) is 5.91 Å². The summed E-state index contributed by atoms with van der Waals surface area (Å²) in [5, 5.41) is 5.90. The Labute approximate surface area is 95.8 Å². The second-order valence-electron chi connectivity index (χ2n) is 3.35. The molecule has 2 heterocycles. The summed E-state index contributed by atoms with van der Waals surface area (Å²) in [7, 11) is 0. The Morgan fingerprint density at radius 2 is 2.47 bits per heavy atom. The highest BCUT2D eigenvalue weighted by molar-refractivity contribution is 9.10.